The van der Waals surface area contributed by atoms with Gasteiger partial charge in [0.25, 0.3) is 11.8 Å². The molecule has 0 aliphatic carbocycles. The number of rotatable bonds is 5. The summed E-state index contributed by atoms with van der Waals surface area (Å²) in [5, 5.41) is 0. The van der Waals surface area contributed by atoms with Crippen molar-refractivity contribution in [3.63, 3.8) is 0 Å². The van der Waals surface area contributed by atoms with E-state index in [2.05, 4.69) is 4.72 Å². The monoisotopic (exact) mass is 344 g/mol. The van der Waals surface area contributed by atoms with Crippen LogP contribution in [0.25, 0.3) is 0 Å². The minimum atomic E-state index is -3.44. The maximum atomic E-state index is 12.5. The average molecular weight is 344 g/mol. The lowest BCUT2D eigenvalue weighted by molar-refractivity contribution is 0.0926. The molecular formula is C17H16N2O4S. The van der Waals surface area contributed by atoms with Crippen LogP contribution in [0.3, 0.4) is 0 Å². The summed E-state index contributed by atoms with van der Waals surface area (Å²) in [6.45, 7) is 1.77. The first kappa shape index (κ1) is 16.2. The number of anilines is 2. The summed E-state index contributed by atoms with van der Waals surface area (Å²) in [4.78, 5) is 26.0. The Morgan fingerprint density at radius 3 is 2.17 bits per heavy atom. The van der Waals surface area contributed by atoms with Crippen molar-refractivity contribution in [3.8, 4) is 0 Å². The van der Waals surface area contributed by atoms with E-state index in [0.29, 0.717) is 28.9 Å². The normalized spacial score (nSPS) is 14.0. The van der Waals surface area contributed by atoms with Crippen LogP contribution in [0.2, 0.25) is 0 Å². The molecule has 124 valence electrons. The van der Waals surface area contributed by atoms with Gasteiger partial charge in [-0.05, 0) is 36.8 Å². The summed E-state index contributed by atoms with van der Waals surface area (Å²) in [5.74, 6) is -0.821. The summed E-state index contributed by atoms with van der Waals surface area (Å²) < 4.78 is 26.2. The summed E-state index contributed by atoms with van der Waals surface area (Å²) in [6.07, 6.45) is 0.493. The van der Waals surface area contributed by atoms with Crippen molar-refractivity contribution >= 4 is 33.2 Å². The van der Waals surface area contributed by atoms with Crippen molar-refractivity contribution in [2.45, 2.75) is 13.3 Å². The van der Waals surface area contributed by atoms with Crippen molar-refractivity contribution in [3.05, 3.63) is 59.7 Å². The zero-order valence-electron chi connectivity index (χ0n) is 13.0. The van der Waals surface area contributed by atoms with E-state index >= 15 is 0 Å². The molecule has 0 bridgehead atoms. The van der Waals surface area contributed by atoms with E-state index in [1.54, 1.807) is 49.4 Å². The number of fused-ring (bicyclic) bond motifs is 1. The van der Waals surface area contributed by atoms with Gasteiger partial charge < -0.3 is 0 Å². The van der Waals surface area contributed by atoms with Gasteiger partial charge in [0.05, 0.1) is 28.3 Å². The molecule has 2 aromatic rings. The van der Waals surface area contributed by atoms with E-state index < -0.39 is 21.8 Å². The highest BCUT2D eigenvalue weighted by Crippen LogP contribution is 2.29. The Labute approximate surface area is 140 Å². The number of hydrogen-bond acceptors (Lipinski definition) is 4. The Balaban J connectivity index is 1.93. The number of carbonyl (C=O) groups excluding carboxylic acids is 2. The van der Waals surface area contributed by atoms with Gasteiger partial charge in [-0.15, -0.1) is 0 Å². The van der Waals surface area contributed by atoms with Gasteiger partial charge in [0.2, 0.25) is 10.0 Å². The van der Waals surface area contributed by atoms with Crippen LogP contribution >= 0.6 is 0 Å². The van der Waals surface area contributed by atoms with Gasteiger partial charge in [-0.25, -0.2) is 13.3 Å². The molecule has 1 N–H and O–H groups in total. The van der Waals surface area contributed by atoms with Crippen LogP contribution in [-0.2, 0) is 10.0 Å². The van der Waals surface area contributed by atoms with Gasteiger partial charge in [-0.2, -0.15) is 0 Å². The van der Waals surface area contributed by atoms with Crippen LogP contribution < -0.4 is 9.62 Å². The lowest BCUT2D eigenvalue weighted by Gasteiger charge is -2.15. The van der Waals surface area contributed by atoms with E-state index in [1.165, 1.54) is 6.07 Å². The molecular weight excluding hydrogens is 328 g/mol. The number of nitrogens with zero attached hydrogens (tertiary/aromatic N) is 1. The maximum absolute atomic E-state index is 12.5. The van der Waals surface area contributed by atoms with Gasteiger partial charge in [0.1, 0.15) is 0 Å². The SMILES string of the molecule is CCCS(=O)(=O)Nc1cccc(N2C(=O)c3ccccc3C2=O)c1. The largest absolute Gasteiger partial charge is 0.283 e. The number of sulfonamides is 1. The van der Waals surface area contributed by atoms with E-state index in [4.69, 9.17) is 0 Å². The molecule has 1 aliphatic heterocycles. The van der Waals surface area contributed by atoms with Crippen LogP contribution in [0.5, 0.6) is 0 Å². The molecule has 2 amide bonds. The second-order valence-corrected chi connectivity index (χ2v) is 7.30. The van der Waals surface area contributed by atoms with E-state index in [1.807, 2.05) is 0 Å². The third-order valence-electron chi connectivity index (χ3n) is 3.64. The Morgan fingerprint density at radius 1 is 0.958 bits per heavy atom. The number of carbonyl (C=O) groups is 2. The summed E-state index contributed by atoms with van der Waals surface area (Å²) in [6, 6.07) is 12.9. The predicted octanol–water partition coefficient (Wildman–Crippen LogP) is 2.64. The van der Waals surface area contributed by atoms with Crippen LogP contribution in [-0.4, -0.2) is 26.0 Å². The second-order valence-electron chi connectivity index (χ2n) is 5.46. The lowest BCUT2D eigenvalue weighted by atomic mass is 10.1. The molecule has 0 saturated heterocycles. The number of benzene rings is 2. The fourth-order valence-electron chi connectivity index (χ4n) is 2.63. The highest BCUT2D eigenvalue weighted by molar-refractivity contribution is 7.92. The highest BCUT2D eigenvalue weighted by Gasteiger charge is 2.36. The molecule has 0 radical (unpaired) electrons. The van der Waals surface area contributed by atoms with Crippen molar-refractivity contribution in [1.29, 1.82) is 0 Å². The van der Waals surface area contributed by atoms with Crippen molar-refractivity contribution in [2.24, 2.45) is 0 Å². The summed E-state index contributed by atoms with van der Waals surface area (Å²) in [7, 11) is -3.44. The molecule has 0 fully saturated rings. The first-order valence-electron chi connectivity index (χ1n) is 7.51. The number of nitrogens with one attached hydrogen (secondary N) is 1. The molecule has 3 rings (SSSR count). The predicted molar refractivity (Wildman–Crippen MR) is 91.7 cm³/mol. The van der Waals surface area contributed by atoms with Crippen LogP contribution in [0, 0.1) is 0 Å². The van der Waals surface area contributed by atoms with Gasteiger partial charge in [0, 0.05) is 0 Å². The Hall–Kier alpha value is -2.67. The van der Waals surface area contributed by atoms with Crippen molar-refractivity contribution in [1.82, 2.24) is 0 Å². The van der Waals surface area contributed by atoms with Crippen LogP contribution in [0.4, 0.5) is 11.4 Å². The van der Waals surface area contributed by atoms with Gasteiger partial charge in [-0.1, -0.05) is 25.1 Å². The smallest absolute Gasteiger partial charge is 0.266 e. The standard InChI is InChI=1S/C17H16N2O4S/c1-2-10-24(22,23)18-12-6-5-7-13(11-12)19-16(20)14-8-3-4-9-15(14)17(19)21/h3-9,11,18H,2,10H2,1H3. The molecule has 1 heterocycles. The first-order chi connectivity index (χ1) is 11.4. The quantitative estimate of drug-likeness (QED) is 0.845. The zero-order chi connectivity index (χ0) is 17.3. The number of hydrogen-bond donors (Lipinski definition) is 1. The van der Waals surface area contributed by atoms with Crippen LogP contribution in [0.15, 0.2) is 48.5 Å². The van der Waals surface area contributed by atoms with E-state index in [9.17, 15) is 18.0 Å². The van der Waals surface area contributed by atoms with Crippen LogP contribution in [0.1, 0.15) is 34.1 Å². The summed E-state index contributed by atoms with van der Waals surface area (Å²) in [5.41, 5.74) is 1.34. The average Bonchev–Trinajstić information content (AvgIpc) is 2.79. The molecule has 7 heteroatoms. The molecule has 0 spiro atoms. The molecule has 2 aromatic carbocycles. The molecule has 0 saturated carbocycles. The molecule has 1 aliphatic rings. The Morgan fingerprint density at radius 2 is 1.58 bits per heavy atom. The minimum absolute atomic E-state index is 0.00421. The van der Waals surface area contributed by atoms with E-state index in [-0.39, 0.29) is 5.75 Å². The molecule has 24 heavy (non-hydrogen) atoms. The third-order valence-corrected chi connectivity index (χ3v) is 5.14. The fourth-order valence-corrected chi connectivity index (χ4v) is 3.76. The molecule has 6 nitrogen and oxygen atoms in total. The Bertz CT molecular complexity index is 887. The van der Waals surface area contributed by atoms with E-state index in [0.717, 1.165) is 4.90 Å². The number of amides is 2. The zero-order valence-corrected chi connectivity index (χ0v) is 13.8. The lowest BCUT2D eigenvalue weighted by Crippen LogP contribution is -2.29. The minimum Gasteiger partial charge on any atom is -0.283 e. The molecule has 0 unspecified atom stereocenters. The second kappa shape index (κ2) is 6.09. The molecule has 0 atom stereocenters. The van der Waals surface area contributed by atoms with Gasteiger partial charge in [-0.3, -0.25) is 14.3 Å². The van der Waals surface area contributed by atoms with Crippen molar-refractivity contribution < 1.29 is 18.0 Å². The fraction of sp³-hybridized carbons (Fsp3) is 0.176. The molecule has 0 aromatic heterocycles. The van der Waals surface area contributed by atoms with Gasteiger partial charge in [0.15, 0.2) is 0 Å². The van der Waals surface area contributed by atoms with Gasteiger partial charge >= 0.3 is 0 Å². The maximum Gasteiger partial charge on any atom is 0.266 e. The third kappa shape index (κ3) is 2.90. The Kier molecular flexibility index (Phi) is 4.11. The topological polar surface area (TPSA) is 83.6 Å². The summed E-state index contributed by atoms with van der Waals surface area (Å²) >= 11 is 0. The van der Waals surface area contributed by atoms with Crippen molar-refractivity contribution in [2.75, 3.05) is 15.4 Å². The first-order valence-corrected chi connectivity index (χ1v) is 9.16. The highest BCUT2D eigenvalue weighted by atomic mass is 32.2. The number of imide groups is 1.